The summed E-state index contributed by atoms with van der Waals surface area (Å²) in [5.74, 6) is -0.401. The van der Waals surface area contributed by atoms with Crippen LogP contribution in [0.1, 0.15) is 26.2 Å². The zero-order valence-corrected chi connectivity index (χ0v) is 10.7. The van der Waals surface area contributed by atoms with Crippen LogP contribution in [0, 0.1) is 0 Å². The molecule has 1 saturated heterocycles. The normalized spacial score (nSPS) is 21.6. The number of allylic oxidation sites excluding steroid dienone is 2. The second-order valence-electron chi connectivity index (χ2n) is 3.87. The van der Waals surface area contributed by atoms with Crippen molar-refractivity contribution < 1.29 is 14.3 Å². The number of hydrogen-bond acceptors (Lipinski definition) is 5. The lowest BCUT2D eigenvalue weighted by Crippen LogP contribution is -2.16. The summed E-state index contributed by atoms with van der Waals surface area (Å²) in [6, 6.07) is 0. The molecule has 100 valence electrons. The van der Waals surface area contributed by atoms with Crippen LogP contribution in [0.3, 0.4) is 0 Å². The van der Waals surface area contributed by atoms with E-state index < -0.39 is 5.97 Å². The molecule has 0 spiro atoms. The van der Waals surface area contributed by atoms with E-state index in [0.29, 0.717) is 12.3 Å². The van der Waals surface area contributed by atoms with Crippen molar-refractivity contribution in [3.05, 3.63) is 23.9 Å². The van der Waals surface area contributed by atoms with Crippen molar-refractivity contribution in [3.8, 4) is 0 Å². The lowest BCUT2D eigenvalue weighted by molar-refractivity contribution is -0.137. The minimum absolute atomic E-state index is 0.0585. The highest BCUT2D eigenvalue weighted by molar-refractivity contribution is 5.83. The highest BCUT2D eigenvalue weighted by Crippen LogP contribution is 2.12. The third-order valence-electron chi connectivity index (χ3n) is 2.37. The van der Waals surface area contributed by atoms with Gasteiger partial charge >= 0.3 is 5.97 Å². The van der Waals surface area contributed by atoms with Crippen molar-refractivity contribution in [1.82, 2.24) is 0 Å². The molecule has 1 heterocycles. The van der Waals surface area contributed by atoms with Crippen LogP contribution in [-0.4, -0.2) is 31.6 Å². The van der Waals surface area contributed by atoms with Crippen molar-refractivity contribution in [2.75, 3.05) is 13.2 Å². The lowest BCUT2D eigenvalue weighted by atomic mass is 10.2. The zero-order chi connectivity index (χ0) is 13.2. The van der Waals surface area contributed by atoms with Crippen LogP contribution in [0.15, 0.2) is 28.9 Å². The Bertz CT molecular complexity index is 342. The number of nitrogens with zero attached hydrogens (tertiary/aromatic N) is 1. The highest BCUT2D eigenvalue weighted by Gasteiger charge is 2.10. The Morgan fingerprint density at radius 2 is 2.33 bits per heavy atom. The van der Waals surface area contributed by atoms with Gasteiger partial charge in [0.25, 0.3) is 0 Å². The van der Waals surface area contributed by atoms with Gasteiger partial charge in [0, 0.05) is 24.6 Å². The highest BCUT2D eigenvalue weighted by atomic mass is 16.5. The molecule has 5 nitrogen and oxygen atoms in total. The molecule has 0 aromatic carbocycles. The molecule has 1 aliphatic rings. The molecule has 0 aromatic rings. The van der Waals surface area contributed by atoms with Crippen LogP contribution >= 0.6 is 0 Å². The van der Waals surface area contributed by atoms with Gasteiger partial charge in [-0.1, -0.05) is 0 Å². The molecule has 0 saturated carbocycles. The maximum absolute atomic E-state index is 11.0. The van der Waals surface area contributed by atoms with Gasteiger partial charge in [0.05, 0.1) is 6.61 Å². The van der Waals surface area contributed by atoms with Gasteiger partial charge in [-0.3, -0.25) is 4.99 Å². The monoisotopic (exact) mass is 252 g/mol. The van der Waals surface area contributed by atoms with Crippen molar-refractivity contribution in [2.24, 2.45) is 10.7 Å². The molecule has 0 bridgehead atoms. The summed E-state index contributed by atoms with van der Waals surface area (Å²) in [6.07, 6.45) is 9.16. The SMILES string of the molecule is CCOC(=O)/C=C/C(N)=CC=NC1CCCCO1. The van der Waals surface area contributed by atoms with Gasteiger partial charge in [0.15, 0.2) is 0 Å². The lowest BCUT2D eigenvalue weighted by Gasteiger charge is -2.18. The first-order chi connectivity index (χ1) is 8.72. The average Bonchev–Trinajstić information content (AvgIpc) is 2.38. The van der Waals surface area contributed by atoms with E-state index in [1.54, 1.807) is 19.2 Å². The summed E-state index contributed by atoms with van der Waals surface area (Å²) < 4.78 is 10.2. The van der Waals surface area contributed by atoms with Gasteiger partial charge < -0.3 is 15.2 Å². The van der Waals surface area contributed by atoms with E-state index in [9.17, 15) is 4.79 Å². The Balaban J connectivity index is 2.36. The molecule has 1 fully saturated rings. The van der Waals surface area contributed by atoms with Crippen molar-refractivity contribution in [3.63, 3.8) is 0 Å². The quantitative estimate of drug-likeness (QED) is 0.348. The summed E-state index contributed by atoms with van der Waals surface area (Å²) in [6.45, 7) is 2.87. The van der Waals surface area contributed by atoms with Gasteiger partial charge in [-0.25, -0.2) is 4.79 Å². The Kier molecular flexibility index (Phi) is 6.79. The van der Waals surface area contributed by atoms with Gasteiger partial charge in [-0.05, 0) is 38.3 Å². The van der Waals surface area contributed by atoms with E-state index in [1.165, 1.54) is 12.2 Å². The van der Waals surface area contributed by atoms with Gasteiger partial charge in [-0.15, -0.1) is 0 Å². The number of rotatable bonds is 5. The number of esters is 1. The molecule has 0 aliphatic carbocycles. The second-order valence-corrected chi connectivity index (χ2v) is 3.87. The van der Waals surface area contributed by atoms with E-state index in [1.807, 2.05) is 0 Å². The van der Waals surface area contributed by atoms with E-state index in [4.69, 9.17) is 15.2 Å². The van der Waals surface area contributed by atoms with Crippen molar-refractivity contribution in [2.45, 2.75) is 32.4 Å². The van der Waals surface area contributed by atoms with Crippen molar-refractivity contribution in [1.29, 1.82) is 0 Å². The number of ether oxygens (including phenoxy) is 2. The fraction of sp³-hybridized carbons (Fsp3) is 0.538. The molecule has 5 heteroatoms. The molecule has 1 aliphatic heterocycles. The summed E-state index contributed by atoms with van der Waals surface area (Å²) in [5.41, 5.74) is 6.12. The Morgan fingerprint density at radius 1 is 1.50 bits per heavy atom. The third-order valence-corrected chi connectivity index (χ3v) is 2.37. The maximum Gasteiger partial charge on any atom is 0.330 e. The number of nitrogens with two attached hydrogens (primary N) is 1. The van der Waals surface area contributed by atoms with E-state index in [2.05, 4.69) is 4.99 Å². The standard InChI is InChI=1S/C13H20N2O3/c1-2-17-13(16)7-6-11(14)8-9-15-12-5-3-4-10-18-12/h6-9,12H,2-5,10,14H2,1H3/b7-6+,11-8?,15-9?. The number of hydrogen-bond donors (Lipinski definition) is 1. The zero-order valence-electron chi connectivity index (χ0n) is 10.7. The van der Waals surface area contributed by atoms with Gasteiger partial charge in [0.2, 0.25) is 0 Å². The first kappa shape index (κ1) is 14.4. The molecule has 0 amide bonds. The molecule has 1 rings (SSSR count). The summed E-state index contributed by atoms with van der Waals surface area (Å²) in [4.78, 5) is 15.3. The minimum atomic E-state index is -0.401. The first-order valence-corrected chi connectivity index (χ1v) is 6.17. The fourth-order valence-corrected chi connectivity index (χ4v) is 1.48. The molecule has 18 heavy (non-hydrogen) atoms. The van der Waals surface area contributed by atoms with E-state index in [0.717, 1.165) is 25.9 Å². The summed E-state index contributed by atoms with van der Waals surface area (Å²) in [7, 11) is 0. The van der Waals surface area contributed by atoms with Gasteiger partial charge in [-0.2, -0.15) is 0 Å². The topological polar surface area (TPSA) is 73.9 Å². The first-order valence-electron chi connectivity index (χ1n) is 6.17. The molecular formula is C13H20N2O3. The number of carbonyl (C=O) groups excluding carboxylic acids is 1. The predicted molar refractivity (Wildman–Crippen MR) is 70.1 cm³/mol. The molecule has 0 aromatic heterocycles. The van der Waals surface area contributed by atoms with Crippen LogP contribution in [0.25, 0.3) is 0 Å². The smallest absolute Gasteiger partial charge is 0.330 e. The van der Waals surface area contributed by atoms with Crippen LogP contribution in [0.2, 0.25) is 0 Å². The average molecular weight is 252 g/mol. The second kappa shape index (κ2) is 8.47. The summed E-state index contributed by atoms with van der Waals surface area (Å²) >= 11 is 0. The largest absolute Gasteiger partial charge is 0.463 e. The molecule has 1 atom stereocenters. The van der Waals surface area contributed by atoms with Crippen molar-refractivity contribution >= 4 is 12.2 Å². The van der Waals surface area contributed by atoms with Crippen LogP contribution < -0.4 is 5.73 Å². The maximum atomic E-state index is 11.0. The Labute approximate surface area is 107 Å². The molecular weight excluding hydrogens is 232 g/mol. The fourth-order valence-electron chi connectivity index (χ4n) is 1.48. The Hall–Kier alpha value is -1.62. The van der Waals surface area contributed by atoms with Crippen LogP contribution in [0.4, 0.5) is 0 Å². The Morgan fingerprint density at radius 3 is 3.00 bits per heavy atom. The molecule has 2 N–H and O–H groups in total. The minimum Gasteiger partial charge on any atom is -0.463 e. The number of carbonyl (C=O) groups is 1. The predicted octanol–water partition coefficient (Wildman–Crippen LogP) is 1.55. The third kappa shape index (κ3) is 6.20. The molecule has 0 radical (unpaired) electrons. The molecule has 1 unspecified atom stereocenters. The van der Waals surface area contributed by atoms with Gasteiger partial charge in [0.1, 0.15) is 6.23 Å². The number of aliphatic imine (C=N–C) groups is 1. The van der Waals surface area contributed by atoms with Crippen LogP contribution in [0.5, 0.6) is 0 Å². The van der Waals surface area contributed by atoms with E-state index in [-0.39, 0.29) is 6.23 Å². The van der Waals surface area contributed by atoms with Crippen LogP contribution in [-0.2, 0) is 14.3 Å². The van der Waals surface area contributed by atoms with E-state index >= 15 is 0 Å². The summed E-state index contributed by atoms with van der Waals surface area (Å²) in [5, 5.41) is 0.